The van der Waals surface area contributed by atoms with E-state index in [1.165, 1.54) is 30.2 Å². The quantitative estimate of drug-likeness (QED) is 0.284. The number of Topliss-reactive ketones (excluding diaryl/α,β-unsaturated/α-hetero) is 1. The number of methoxy groups -OCH3 is 1. The summed E-state index contributed by atoms with van der Waals surface area (Å²) in [5, 5.41) is 22.0. The number of nitrogens with zero attached hydrogens (tertiary/aromatic N) is 1. The maximum absolute atomic E-state index is 13.2. The molecule has 1 heterocycles. The number of aromatic hydroxyl groups is 1. The van der Waals surface area contributed by atoms with E-state index < -0.39 is 23.5 Å². The van der Waals surface area contributed by atoms with Crippen molar-refractivity contribution in [1.29, 1.82) is 0 Å². The van der Waals surface area contributed by atoms with Crippen molar-refractivity contribution in [3.8, 4) is 11.5 Å². The summed E-state index contributed by atoms with van der Waals surface area (Å²) < 4.78 is 5.15. The lowest BCUT2D eigenvalue weighted by Gasteiger charge is -2.26. The second-order valence-electron chi connectivity index (χ2n) is 7.55. The van der Waals surface area contributed by atoms with Gasteiger partial charge in [-0.15, -0.1) is 0 Å². The summed E-state index contributed by atoms with van der Waals surface area (Å²) in [6, 6.07) is 15.3. The fourth-order valence-corrected chi connectivity index (χ4v) is 4.55. The summed E-state index contributed by atoms with van der Waals surface area (Å²) in [4.78, 5) is 27.6. The topological polar surface area (TPSA) is 87.1 Å². The zero-order chi connectivity index (χ0) is 23.9. The molecule has 1 unspecified atom stereocenters. The number of ether oxygens (including phenoxy) is 1. The molecule has 8 heteroatoms. The van der Waals surface area contributed by atoms with E-state index in [9.17, 15) is 19.8 Å². The molecule has 0 spiro atoms. The highest BCUT2D eigenvalue weighted by molar-refractivity contribution is 6.52. The molecular formula is C25H19Cl2NO5. The van der Waals surface area contributed by atoms with Gasteiger partial charge in [-0.25, -0.2) is 0 Å². The Balaban J connectivity index is 1.98. The van der Waals surface area contributed by atoms with Gasteiger partial charge in [0.1, 0.15) is 11.5 Å². The number of phenolic OH excluding ortho intramolecular Hbond substituents is 1. The summed E-state index contributed by atoms with van der Waals surface area (Å²) in [5.41, 5.74) is 1.52. The number of hydrogen-bond acceptors (Lipinski definition) is 5. The first-order valence-corrected chi connectivity index (χ1v) is 10.7. The normalized spacial score (nSPS) is 17.5. The molecule has 4 rings (SSSR count). The van der Waals surface area contributed by atoms with Crippen LogP contribution in [-0.2, 0) is 9.59 Å². The smallest absolute Gasteiger partial charge is 0.300 e. The van der Waals surface area contributed by atoms with Gasteiger partial charge in [-0.1, -0.05) is 59.6 Å². The van der Waals surface area contributed by atoms with Crippen LogP contribution in [0.2, 0.25) is 10.0 Å². The molecule has 6 nitrogen and oxygen atoms in total. The van der Waals surface area contributed by atoms with Crippen molar-refractivity contribution in [2.75, 3.05) is 12.0 Å². The third kappa shape index (κ3) is 3.92. The van der Waals surface area contributed by atoms with Crippen LogP contribution >= 0.6 is 23.2 Å². The van der Waals surface area contributed by atoms with Gasteiger partial charge < -0.3 is 14.9 Å². The average Bonchev–Trinajstić information content (AvgIpc) is 3.06. The zero-order valence-electron chi connectivity index (χ0n) is 17.7. The lowest BCUT2D eigenvalue weighted by atomic mass is 9.95. The third-order valence-corrected chi connectivity index (χ3v) is 5.99. The van der Waals surface area contributed by atoms with Crippen molar-refractivity contribution >= 4 is 46.3 Å². The highest BCUT2D eigenvalue weighted by Gasteiger charge is 2.47. The number of rotatable bonds is 4. The Morgan fingerprint density at radius 2 is 1.64 bits per heavy atom. The summed E-state index contributed by atoms with van der Waals surface area (Å²) >= 11 is 12.5. The van der Waals surface area contributed by atoms with Crippen LogP contribution in [0.5, 0.6) is 11.5 Å². The maximum atomic E-state index is 13.2. The Morgan fingerprint density at radius 1 is 1.00 bits per heavy atom. The standard InChI is InChI=1S/C25H19Cl2NO5/c1-13-8-9-19(29)18(10-13)28-21(14-6-4-3-5-7-14)20(23(31)25(28)32)22(30)15-11-16(26)24(33-2)17(27)12-15/h3-12,21,29-30H,1-2H3/b22-20+. The molecule has 2 N–H and O–H groups in total. The lowest BCUT2D eigenvalue weighted by Crippen LogP contribution is -2.29. The second kappa shape index (κ2) is 8.81. The van der Waals surface area contributed by atoms with Crippen molar-refractivity contribution < 1.29 is 24.5 Å². The van der Waals surface area contributed by atoms with Crippen molar-refractivity contribution in [1.82, 2.24) is 0 Å². The van der Waals surface area contributed by atoms with Gasteiger partial charge in [-0.2, -0.15) is 0 Å². The minimum Gasteiger partial charge on any atom is -0.507 e. The number of carbonyl (C=O) groups excluding carboxylic acids is 2. The molecule has 1 amide bonds. The second-order valence-corrected chi connectivity index (χ2v) is 8.36. The fourth-order valence-electron chi connectivity index (χ4n) is 3.91. The molecule has 1 fully saturated rings. The first-order chi connectivity index (χ1) is 15.7. The van der Waals surface area contributed by atoms with Crippen molar-refractivity contribution in [3.63, 3.8) is 0 Å². The van der Waals surface area contributed by atoms with Gasteiger partial charge in [0.25, 0.3) is 11.7 Å². The molecule has 0 bridgehead atoms. The molecule has 3 aromatic rings. The Morgan fingerprint density at radius 3 is 2.24 bits per heavy atom. The molecule has 33 heavy (non-hydrogen) atoms. The molecule has 0 aromatic heterocycles. The molecule has 1 saturated heterocycles. The minimum absolute atomic E-state index is 0.133. The Hall–Kier alpha value is -3.48. The summed E-state index contributed by atoms with van der Waals surface area (Å²) in [7, 11) is 1.40. The Kier molecular flexibility index (Phi) is 6.06. The van der Waals surface area contributed by atoms with Gasteiger partial charge in [0, 0.05) is 5.56 Å². The molecule has 0 saturated carbocycles. The molecule has 168 valence electrons. The van der Waals surface area contributed by atoms with Gasteiger partial charge in [0.05, 0.1) is 34.5 Å². The number of ketones is 1. The van der Waals surface area contributed by atoms with Crippen molar-refractivity contribution in [2.24, 2.45) is 0 Å². The highest BCUT2D eigenvalue weighted by Crippen LogP contribution is 2.45. The predicted octanol–water partition coefficient (Wildman–Crippen LogP) is 5.64. The monoisotopic (exact) mass is 483 g/mol. The Bertz CT molecular complexity index is 1280. The zero-order valence-corrected chi connectivity index (χ0v) is 19.2. The van der Waals surface area contributed by atoms with Gasteiger partial charge in [-0.05, 0) is 42.3 Å². The molecule has 3 aromatic carbocycles. The number of amides is 1. The SMILES string of the molecule is COc1c(Cl)cc(/C(O)=C2\C(=O)C(=O)N(c3cc(C)ccc3O)C2c2ccccc2)cc1Cl. The number of aliphatic hydroxyl groups is 1. The summed E-state index contributed by atoms with van der Waals surface area (Å²) in [6.07, 6.45) is 0. The molecule has 0 radical (unpaired) electrons. The van der Waals surface area contributed by atoms with Crippen LogP contribution in [0.15, 0.2) is 66.2 Å². The molecule has 1 aliphatic rings. The van der Waals surface area contributed by atoms with E-state index in [2.05, 4.69) is 0 Å². The third-order valence-electron chi connectivity index (χ3n) is 5.43. The van der Waals surface area contributed by atoms with E-state index in [4.69, 9.17) is 27.9 Å². The largest absolute Gasteiger partial charge is 0.507 e. The van der Waals surface area contributed by atoms with Gasteiger partial charge in [0.2, 0.25) is 0 Å². The molecule has 1 atom stereocenters. The average molecular weight is 484 g/mol. The number of anilines is 1. The number of carbonyl (C=O) groups is 2. The van der Waals surface area contributed by atoms with Gasteiger partial charge in [0.15, 0.2) is 5.75 Å². The van der Waals surface area contributed by atoms with E-state index in [1.807, 2.05) is 0 Å². The summed E-state index contributed by atoms with van der Waals surface area (Å²) in [6.45, 7) is 1.80. The van der Waals surface area contributed by atoms with E-state index in [1.54, 1.807) is 49.4 Å². The van der Waals surface area contributed by atoms with Crippen LogP contribution in [0, 0.1) is 6.92 Å². The van der Waals surface area contributed by atoms with Gasteiger partial charge in [-0.3, -0.25) is 14.5 Å². The van der Waals surface area contributed by atoms with Crippen LogP contribution in [0.3, 0.4) is 0 Å². The van der Waals surface area contributed by atoms with E-state index in [0.29, 0.717) is 5.56 Å². The Labute approximate surface area is 200 Å². The molecule has 0 aliphatic carbocycles. The summed E-state index contributed by atoms with van der Waals surface area (Å²) in [5.74, 6) is -2.16. The first kappa shape index (κ1) is 22.7. The van der Waals surface area contributed by atoms with E-state index in [-0.39, 0.29) is 38.4 Å². The predicted molar refractivity (Wildman–Crippen MR) is 127 cm³/mol. The van der Waals surface area contributed by atoms with E-state index in [0.717, 1.165) is 5.56 Å². The first-order valence-electron chi connectivity index (χ1n) is 9.93. The van der Waals surface area contributed by atoms with E-state index >= 15 is 0 Å². The van der Waals surface area contributed by atoms with Gasteiger partial charge >= 0.3 is 0 Å². The van der Waals surface area contributed by atoms with Crippen LogP contribution in [0.25, 0.3) is 5.76 Å². The number of aliphatic hydroxyl groups excluding tert-OH is 1. The van der Waals surface area contributed by atoms with Crippen LogP contribution in [-0.4, -0.2) is 29.0 Å². The fraction of sp³-hybridized carbons (Fsp3) is 0.120. The molecule has 1 aliphatic heterocycles. The minimum atomic E-state index is -0.987. The lowest BCUT2D eigenvalue weighted by molar-refractivity contribution is -0.132. The molecular weight excluding hydrogens is 465 g/mol. The number of benzene rings is 3. The van der Waals surface area contributed by atoms with Crippen LogP contribution < -0.4 is 9.64 Å². The van der Waals surface area contributed by atoms with Crippen LogP contribution in [0.4, 0.5) is 5.69 Å². The highest BCUT2D eigenvalue weighted by atomic mass is 35.5. The maximum Gasteiger partial charge on any atom is 0.300 e. The van der Waals surface area contributed by atoms with Crippen LogP contribution in [0.1, 0.15) is 22.7 Å². The number of halogens is 2. The van der Waals surface area contributed by atoms with Crippen molar-refractivity contribution in [2.45, 2.75) is 13.0 Å². The number of aryl methyl sites for hydroxylation is 1. The number of hydrogen-bond donors (Lipinski definition) is 2. The van der Waals surface area contributed by atoms with Crippen molar-refractivity contribution in [3.05, 3.63) is 93.0 Å². The number of phenols is 1.